The van der Waals surface area contributed by atoms with Gasteiger partial charge in [0.2, 0.25) is 0 Å². The highest BCUT2D eigenvalue weighted by Gasteiger charge is 2.16. The minimum absolute atomic E-state index is 0.162. The molecule has 0 spiro atoms. The number of anilines is 1. The molecule has 0 radical (unpaired) electrons. The number of nitrogens with two attached hydrogens (primary N) is 1. The van der Waals surface area contributed by atoms with E-state index in [9.17, 15) is 4.39 Å². The molecule has 0 aliphatic carbocycles. The van der Waals surface area contributed by atoms with Crippen LogP contribution in [0.5, 0.6) is 0 Å². The molecule has 1 aromatic carbocycles. The predicted octanol–water partition coefficient (Wildman–Crippen LogP) is 4.57. The lowest BCUT2D eigenvalue weighted by atomic mass is 10.2. The van der Waals surface area contributed by atoms with Gasteiger partial charge in [0.1, 0.15) is 4.99 Å². The summed E-state index contributed by atoms with van der Waals surface area (Å²) in [6.45, 7) is 0.577. The van der Waals surface area contributed by atoms with Gasteiger partial charge in [-0.1, -0.05) is 23.8 Å². The van der Waals surface area contributed by atoms with Crippen LogP contribution in [0.2, 0.25) is 4.34 Å². The second-order valence-corrected chi connectivity index (χ2v) is 7.22. The number of halogens is 3. The molecule has 0 saturated heterocycles. The average molecular weight is 394 g/mol. The van der Waals surface area contributed by atoms with Crippen LogP contribution in [0.4, 0.5) is 10.1 Å². The minimum Gasteiger partial charge on any atom is -0.389 e. The lowest BCUT2D eigenvalue weighted by molar-refractivity contribution is 0.615. The van der Waals surface area contributed by atoms with Crippen molar-refractivity contribution in [2.75, 3.05) is 11.9 Å². The molecule has 0 aliphatic rings. The van der Waals surface area contributed by atoms with E-state index in [0.717, 1.165) is 9.21 Å². The summed E-state index contributed by atoms with van der Waals surface area (Å²) in [6.07, 6.45) is 0. The normalized spacial score (nSPS) is 10.6. The van der Waals surface area contributed by atoms with E-state index in [1.807, 2.05) is 24.1 Å². The molecule has 2 N–H and O–H groups in total. The zero-order valence-corrected chi connectivity index (χ0v) is 14.5. The van der Waals surface area contributed by atoms with Crippen molar-refractivity contribution in [3.05, 3.63) is 49.3 Å². The van der Waals surface area contributed by atoms with Crippen molar-refractivity contribution in [1.29, 1.82) is 0 Å². The molecule has 0 bridgehead atoms. The van der Waals surface area contributed by atoms with Gasteiger partial charge < -0.3 is 10.6 Å². The Balaban J connectivity index is 2.28. The van der Waals surface area contributed by atoms with E-state index in [-0.39, 0.29) is 10.8 Å². The third-order valence-corrected chi connectivity index (χ3v) is 4.97. The van der Waals surface area contributed by atoms with Gasteiger partial charge in [0.05, 0.1) is 21.0 Å². The number of benzene rings is 1. The molecule has 0 unspecified atom stereocenters. The van der Waals surface area contributed by atoms with Gasteiger partial charge in [-0.05, 0) is 40.2 Å². The summed E-state index contributed by atoms with van der Waals surface area (Å²) < 4.78 is 15.4. The number of hydrogen-bond donors (Lipinski definition) is 1. The first-order valence-corrected chi connectivity index (χ1v) is 8.03. The molecule has 2 rings (SSSR count). The van der Waals surface area contributed by atoms with Crippen molar-refractivity contribution in [1.82, 2.24) is 0 Å². The van der Waals surface area contributed by atoms with Crippen LogP contribution >= 0.6 is 51.1 Å². The van der Waals surface area contributed by atoms with Crippen molar-refractivity contribution in [2.45, 2.75) is 6.54 Å². The van der Waals surface area contributed by atoms with Gasteiger partial charge in [0.15, 0.2) is 5.82 Å². The van der Waals surface area contributed by atoms with E-state index in [1.54, 1.807) is 12.1 Å². The summed E-state index contributed by atoms with van der Waals surface area (Å²) in [4.78, 5) is 3.03. The van der Waals surface area contributed by atoms with Gasteiger partial charge in [-0.25, -0.2) is 4.39 Å². The van der Waals surface area contributed by atoms with E-state index in [4.69, 9.17) is 29.6 Å². The monoisotopic (exact) mass is 392 g/mol. The maximum Gasteiger partial charge on any atom is 0.161 e. The number of hydrogen-bond acceptors (Lipinski definition) is 3. The minimum atomic E-state index is -0.375. The van der Waals surface area contributed by atoms with Crippen molar-refractivity contribution in [2.24, 2.45) is 5.73 Å². The van der Waals surface area contributed by atoms with Crippen molar-refractivity contribution >= 4 is 61.8 Å². The van der Waals surface area contributed by atoms with Crippen LogP contribution in [0.25, 0.3) is 0 Å². The van der Waals surface area contributed by atoms with Crippen LogP contribution in [0.1, 0.15) is 10.4 Å². The van der Waals surface area contributed by atoms with E-state index < -0.39 is 0 Å². The van der Waals surface area contributed by atoms with Gasteiger partial charge in [0.25, 0.3) is 0 Å². The summed E-state index contributed by atoms with van der Waals surface area (Å²) in [5, 5.41) is 0. The molecule has 0 atom stereocenters. The quantitative estimate of drug-likeness (QED) is 0.771. The smallest absolute Gasteiger partial charge is 0.161 e. The molecule has 2 aromatic rings. The maximum atomic E-state index is 14.4. The fraction of sp³-hybridized carbons (Fsp3) is 0.154. The predicted molar refractivity (Wildman–Crippen MR) is 91.4 cm³/mol. The van der Waals surface area contributed by atoms with E-state index in [2.05, 4.69) is 15.9 Å². The van der Waals surface area contributed by atoms with Crippen LogP contribution in [-0.4, -0.2) is 12.0 Å². The molecule has 20 heavy (non-hydrogen) atoms. The molecule has 7 heteroatoms. The topological polar surface area (TPSA) is 29.3 Å². The summed E-state index contributed by atoms with van der Waals surface area (Å²) in [5.41, 5.74) is 6.51. The molecule has 0 aliphatic heterocycles. The SMILES string of the molecule is CN(Cc1ccc(Cl)s1)c1ccc(C(N)=S)c(Br)c1F. The molecule has 1 aromatic heterocycles. The second kappa shape index (κ2) is 6.39. The first-order valence-electron chi connectivity index (χ1n) is 5.63. The summed E-state index contributed by atoms with van der Waals surface area (Å²) >= 11 is 15.5. The second-order valence-electron chi connectivity index (χ2n) is 4.19. The Morgan fingerprint density at radius 2 is 2.15 bits per heavy atom. The van der Waals surface area contributed by atoms with Crippen LogP contribution in [0.15, 0.2) is 28.7 Å². The molecule has 1 heterocycles. The Labute approximate surface area is 139 Å². The first kappa shape index (κ1) is 15.7. The number of rotatable bonds is 4. The fourth-order valence-electron chi connectivity index (χ4n) is 1.78. The molecule has 2 nitrogen and oxygen atoms in total. The zero-order valence-electron chi connectivity index (χ0n) is 10.5. The van der Waals surface area contributed by atoms with Crippen molar-refractivity contribution < 1.29 is 4.39 Å². The van der Waals surface area contributed by atoms with Crippen LogP contribution in [-0.2, 0) is 6.54 Å². The molecular formula is C13H11BrClFN2S2. The Morgan fingerprint density at radius 1 is 1.45 bits per heavy atom. The summed E-state index contributed by atoms with van der Waals surface area (Å²) in [5.74, 6) is -0.375. The van der Waals surface area contributed by atoms with Gasteiger partial charge in [-0.2, -0.15) is 0 Å². The van der Waals surface area contributed by atoms with Gasteiger partial charge in [-0.15, -0.1) is 11.3 Å². The Kier molecular flexibility index (Phi) is 5.01. The third-order valence-electron chi connectivity index (χ3n) is 2.76. The summed E-state index contributed by atoms with van der Waals surface area (Å²) in [7, 11) is 1.82. The lowest BCUT2D eigenvalue weighted by Gasteiger charge is -2.20. The maximum absolute atomic E-state index is 14.4. The highest BCUT2D eigenvalue weighted by Crippen LogP contribution is 2.31. The fourth-order valence-corrected chi connectivity index (χ4v) is 3.77. The zero-order chi connectivity index (χ0) is 14.9. The van der Waals surface area contributed by atoms with E-state index in [1.165, 1.54) is 11.3 Å². The number of thiophene rings is 1. The highest BCUT2D eigenvalue weighted by molar-refractivity contribution is 9.10. The van der Waals surface area contributed by atoms with Crippen molar-refractivity contribution in [3.63, 3.8) is 0 Å². The van der Waals surface area contributed by atoms with E-state index in [0.29, 0.717) is 22.3 Å². The molecule has 0 saturated carbocycles. The van der Waals surface area contributed by atoms with Crippen LogP contribution in [0, 0.1) is 5.82 Å². The van der Waals surface area contributed by atoms with Gasteiger partial charge >= 0.3 is 0 Å². The number of nitrogens with zero attached hydrogens (tertiary/aromatic N) is 1. The molecule has 0 amide bonds. The largest absolute Gasteiger partial charge is 0.389 e. The summed E-state index contributed by atoms with van der Waals surface area (Å²) in [6, 6.07) is 7.14. The average Bonchev–Trinajstić information content (AvgIpc) is 2.77. The number of thiocarbonyl (C=S) groups is 1. The Morgan fingerprint density at radius 3 is 2.70 bits per heavy atom. The van der Waals surface area contributed by atoms with Gasteiger partial charge in [0, 0.05) is 17.5 Å². The van der Waals surface area contributed by atoms with Crippen LogP contribution < -0.4 is 10.6 Å². The van der Waals surface area contributed by atoms with Crippen molar-refractivity contribution in [3.8, 4) is 0 Å². The first-order chi connectivity index (χ1) is 9.40. The highest BCUT2D eigenvalue weighted by atomic mass is 79.9. The Bertz CT molecular complexity index is 660. The molecule has 0 fully saturated rings. The standard InChI is InChI=1S/C13H11BrClFN2S2/c1-18(6-7-2-5-10(15)20-7)9-4-3-8(13(17)19)11(14)12(9)16/h2-5H,6H2,1H3,(H2,17,19). The van der Waals surface area contributed by atoms with Crippen LogP contribution in [0.3, 0.4) is 0 Å². The third kappa shape index (κ3) is 3.31. The van der Waals surface area contributed by atoms with E-state index >= 15 is 0 Å². The molecular weight excluding hydrogens is 383 g/mol. The Hall–Kier alpha value is -0.690. The lowest BCUT2D eigenvalue weighted by Crippen LogP contribution is -2.18. The van der Waals surface area contributed by atoms with Gasteiger partial charge in [-0.3, -0.25) is 0 Å². The molecule has 106 valence electrons.